The van der Waals surface area contributed by atoms with Crippen molar-refractivity contribution in [2.24, 2.45) is 0 Å². The molecule has 1 aliphatic heterocycles. The predicted molar refractivity (Wildman–Crippen MR) is 92.9 cm³/mol. The van der Waals surface area contributed by atoms with Crippen LogP contribution in [0.15, 0.2) is 48.8 Å². The van der Waals surface area contributed by atoms with Gasteiger partial charge in [0.25, 0.3) is 5.91 Å². The molecule has 5 rings (SSSR count). The fourth-order valence-electron chi connectivity index (χ4n) is 3.34. The van der Waals surface area contributed by atoms with E-state index in [0.29, 0.717) is 24.4 Å². The molecule has 3 aromatic heterocycles. The molecule has 25 heavy (non-hydrogen) atoms. The van der Waals surface area contributed by atoms with Crippen molar-refractivity contribution in [3.8, 4) is 22.4 Å². The summed E-state index contributed by atoms with van der Waals surface area (Å²) in [6.45, 7) is 1.24. The quantitative estimate of drug-likeness (QED) is 0.590. The SMILES string of the molecule is O=C1NCCn2nc(-c3ccnc4[nH]ncc34)c(-c3ccccc3)c21. The van der Waals surface area contributed by atoms with Crippen molar-refractivity contribution in [3.63, 3.8) is 0 Å². The maximum Gasteiger partial charge on any atom is 0.270 e. The van der Waals surface area contributed by atoms with Crippen molar-refractivity contribution in [3.05, 3.63) is 54.5 Å². The molecule has 122 valence electrons. The van der Waals surface area contributed by atoms with Crippen LogP contribution in [0.1, 0.15) is 10.5 Å². The summed E-state index contributed by atoms with van der Waals surface area (Å²) in [6.07, 6.45) is 3.47. The van der Waals surface area contributed by atoms with Crippen molar-refractivity contribution in [2.75, 3.05) is 6.54 Å². The third-order valence-corrected chi connectivity index (χ3v) is 4.45. The highest BCUT2D eigenvalue weighted by Gasteiger charge is 2.28. The molecule has 7 nitrogen and oxygen atoms in total. The highest BCUT2D eigenvalue weighted by molar-refractivity contribution is 6.05. The van der Waals surface area contributed by atoms with E-state index in [4.69, 9.17) is 5.10 Å². The van der Waals surface area contributed by atoms with Gasteiger partial charge in [-0.3, -0.25) is 14.6 Å². The number of carbonyl (C=O) groups excluding carboxylic acids is 1. The van der Waals surface area contributed by atoms with Crippen LogP contribution in [0.5, 0.6) is 0 Å². The summed E-state index contributed by atoms with van der Waals surface area (Å²) in [5, 5.41) is 15.5. The average molecular weight is 330 g/mol. The minimum atomic E-state index is -0.0960. The van der Waals surface area contributed by atoms with Crippen LogP contribution in [-0.2, 0) is 6.54 Å². The maximum atomic E-state index is 12.5. The van der Waals surface area contributed by atoms with Gasteiger partial charge in [0, 0.05) is 29.3 Å². The summed E-state index contributed by atoms with van der Waals surface area (Å²) in [6, 6.07) is 11.8. The van der Waals surface area contributed by atoms with Gasteiger partial charge in [-0.2, -0.15) is 10.2 Å². The Labute approximate surface area is 142 Å². The summed E-state index contributed by atoms with van der Waals surface area (Å²) in [7, 11) is 0. The second-order valence-electron chi connectivity index (χ2n) is 5.91. The fourth-order valence-corrected chi connectivity index (χ4v) is 3.34. The van der Waals surface area contributed by atoms with Gasteiger partial charge in [-0.15, -0.1) is 0 Å². The molecular weight excluding hydrogens is 316 g/mol. The van der Waals surface area contributed by atoms with Crippen LogP contribution in [0.3, 0.4) is 0 Å². The molecule has 7 heteroatoms. The van der Waals surface area contributed by atoms with Crippen LogP contribution < -0.4 is 5.32 Å². The number of carbonyl (C=O) groups is 1. The largest absolute Gasteiger partial charge is 0.349 e. The molecule has 1 amide bonds. The molecule has 1 aromatic carbocycles. The minimum absolute atomic E-state index is 0.0960. The first-order valence-corrected chi connectivity index (χ1v) is 8.06. The number of pyridine rings is 1. The van der Waals surface area contributed by atoms with Gasteiger partial charge in [-0.1, -0.05) is 30.3 Å². The third-order valence-electron chi connectivity index (χ3n) is 4.45. The Morgan fingerprint density at radius 1 is 1.12 bits per heavy atom. The minimum Gasteiger partial charge on any atom is -0.349 e. The fraction of sp³-hybridized carbons (Fsp3) is 0.111. The molecule has 0 saturated heterocycles. The lowest BCUT2D eigenvalue weighted by Gasteiger charge is -2.15. The van der Waals surface area contributed by atoms with Gasteiger partial charge in [0.2, 0.25) is 0 Å². The molecule has 0 atom stereocenters. The van der Waals surface area contributed by atoms with Crippen molar-refractivity contribution < 1.29 is 4.79 Å². The van der Waals surface area contributed by atoms with E-state index in [9.17, 15) is 4.79 Å². The lowest BCUT2D eigenvalue weighted by molar-refractivity contribution is 0.0925. The Hall–Kier alpha value is -3.48. The van der Waals surface area contributed by atoms with Gasteiger partial charge < -0.3 is 5.32 Å². The number of hydrogen-bond donors (Lipinski definition) is 2. The molecule has 0 radical (unpaired) electrons. The zero-order chi connectivity index (χ0) is 16.8. The molecule has 0 spiro atoms. The predicted octanol–water partition coefficient (Wildman–Crippen LogP) is 2.23. The second-order valence-corrected chi connectivity index (χ2v) is 5.91. The van der Waals surface area contributed by atoms with Crippen LogP contribution in [-0.4, -0.2) is 37.4 Å². The van der Waals surface area contributed by atoms with E-state index in [1.807, 2.05) is 36.4 Å². The number of hydrogen-bond acceptors (Lipinski definition) is 4. The monoisotopic (exact) mass is 330 g/mol. The second kappa shape index (κ2) is 5.27. The van der Waals surface area contributed by atoms with E-state index in [-0.39, 0.29) is 5.91 Å². The van der Waals surface area contributed by atoms with Crippen LogP contribution >= 0.6 is 0 Å². The summed E-state index contributed by atoms with van der Waals surface area (Å²) in [4.78, 5) is 16.8. The number of nitrogens with zero attached hydrogens (tertiary/aromatic N) is 4. The number of benzene rings is 1. The average Bonchev–Trinajstić information content (AvgIpc) is 3.27. The molecule has 4 heterocycles. The zero-order valence-electron chi connectivity index (χ0n) is 13.2. The number of rotatable bonds is 2. The van der Waals surface area contributed by atoms with Crippen LogP contribution in [0, 0.1) is 0 Å². The van der Waals surface area contributed by atoms with E-state index in [1.165, 1.54) is 0 Å². The normalized spacial score (nSPS) is 13.7. The standard InChI is InChI=1S/C18H14N6O/c25-18-16-14(11-4-2-1-3-5-11)15(23-24(16)9-8-20-18)12-6-7-19-17-13(12)10-21-22-17/h1-7,10H,8-9H2,(H,20,25)(H,19,21,22). The number of fused-ring (bicyclic) bond motifs is 2. The first-order valence-electron chi connectivity index (χ1n) is 8.06. The molecule has 0 fully saturated rings. The van der Waals surface area contributed by atoms with Crippen molar-refractivity contribution in [1.29, 1.82) is 0 Å². The van der Waals surface area contributed by atoms with Gasteiger partial charge in [0.15, 0.2) is 5.65 Å². The van der Waals surface area contributed by atoms with Crippen LogP contribution in [0.2, 0.25) is 0 Å². The Kier molecular flexibility index (Phi) is 2.93. The Morgan fingerprint density at radius 2 is 2.00 bits per heavy atom. The molecular formula is C18H14N6O. The lowest BCUT2D eigenvalue weighted by atomic mass is 9.97. The summed E-state index contributed by atoms with van der Waals surface area (Å²) < 4.78 is 1.79. The Bertz CT molecular complexity index is 1100. The lowest BCUT2D eigenvalue weighted by Crippen LogP contribution is -2.35. The Balaban J connectivity index is 1.86. The summed E-state index contributed by atoms with van der Waals surface area (Å²) in [5.41, 5.74) is 4.78. The van der Waals surface area contributed by atoms with E-state index in [0.717, 1.165) is 27.8 Å². The van der Waals surface area contributed by atoms with Crippen LogP contribution in [0.4, 0.5) is 0 Å². The number of amides is 1. The zero-order valence-corrected chi connectivity index (χ0v) is 13.2. The van der Waals surface area contributed by atoms with Gasteiger partial charge in [0.1, 0.15) is 11.4 Å². The van der Waals surface area contributed by atoms with E-state index >= 15 is 0 Å². The van der Waals surface area contributed by atoms with Crippen molar-refractivity contribution >= 4 is 16.9 Å². The molecule has 0 bridgehead atoms. The Morgan fingerprint density at radius 3 is 2.88 bits per heavy atom. The van der Waals surface area contributed by atoms with E-state index in [2.05, 4.69) is 20.5 Å². The number of nitrogens with one attached hydrogen (secondary N) is 2. The number of aromatic amines is 1. The van der Waals surface area contributed by atoms with Gasteiger partial charge >= 0.3 is 0 Å². The van der Waals surface area contributed by atoms with E-state index < -0.39 is 0 Å². The summed E-state index contributed by atoms with van der Waals surface area (Å²) >= 11 is 0. The molecule has 0 unspecified atom stereocenters. The maximum absolute atomic E-state index is 12.5. The highest BCUT2D eigenvalue weighted by atomic mass is 16.2. The van der Waals surface area contributed by atoms with Gasteiger partial charge in [-0.25, -0.2) is 4.98 Å². The van der Waals surface area contributed by atoms with E-state index in [1.54, 1.807) is 17.1 Å². The van der Waals surface area contributed by atoms with Gasteiger partial charge in [-0.05, 0) is 11.6 Å². The topological polar surface area (TPSA) is 88.5 Å². The third kappa shape index (κ3) is 2.06. The first-order chi connectivity index (χ1) is 12.3. The number of aromatic nitrogens is 5. The smallest absolute Gasteiger partial charge is 0.270 e. The molecule has 4 aromatic rings. The highest BCUT2D eigenvalue weighted by Crippen LogP contribution is 2.37. The van der Waals surface area contributed by atoms with Crippen molar-refractivity contribution in [2.45, 2.75) is 6.54 Å². The van der Waals surface area contributed by atoms with Crippen LogP contribution in [0.25, 0.3) is 33.4 Å². The molecule has 1 aliphatic rings. The first kappa shape index (κ1) is 13.9. The van der Waals surface area contributed by atoms with Gasteiger partial charge in [0.05, 0.1) is 12.7 Å². The number of H-pyrrole nitrogens is 1. The molecule has 0 saturated carbocycles. The summed E-state index contributed by atoms with van der Waals surface area (Å²) in [5.74, 6) is -0.0960. The molecule has 0 aliphatic carbocycles. The molecule has 2 N–H and O–H groups in total. The van der Waals surface area contributed by atoms with Crippen molar-refractivity contribution in [1.82, 2.24) is 30.3 Å².